The largest absolute Gasteiger partial charge is 0.494 e. The fourth-order valence-corrected chi connectivity index (χ4v) is 4.18. The van der Waals surface area contributed by atoms with Crippen molar-refractivity contribution in [2.45, 2.75) is 85.4 Å². The van der Waals surface area contributed by atoms with Crippen LogP contribution in [-0.2, 0) is 27.2 Å². The number of halogens is 5. The van der Waals surface area contributed by atoms with Gasteiger partial charge in [-0.15, -0.1) is 0 Å². The predicted molar refractivity (Wildman–Crippen MR) is 159 cm³/mol. The molecule has 1 unspecified atom stereocenters. The molecule has 1 aliphatic rings. The molecule has 2 aromatic carbocycles. The molecule has 0 saturated carbocycles. The number of nitrogens with one attached hydrogen (secondary N) is 1. The van der Waals surface area contributed by atoms with E-state index in [0.717, 1.165) is 35.3 Å². The highest BCUT2D eigenvalue weighted by Crippen LogP contribution is 2.36. The highest BCUT2D eigenvalue weighted by Gasteiger charge is 2.51. The zero-order valence-electron chi connectivity index (χ0n) is 25.5. The quantitative estimate of drug-likeness (QED) is 0.105. The molecular weight excluding hydrogens is 566 g/mol. The van der Waals surface area contributed by atoms with Gasteiger partial charge in [0.05, 0.1) is 29.2 Å². The van der Waals surface area contributed by atoms with Crippen LogP contribution in [0.2, 0.25) is 0 Å². The third kappa shape index (κ3) is 8.86. The van der Waals surface area contributed by atoms with Gasteiger partial charge in [-0.25, -0.2) is 8.78 Å². The van der Waals surface area contributed by atoms with Crippen LogP contribution in [0.1, 0.15) is 66.0 Å². The highest BCUT2D eigenvalue weighted by atomic mass is 19.4. The Balaban J connectivity index is 1.86. The SMILES string of the molecule is CCC(C)=CC(/C=C(/C(=O)NCc1ccc(F)c(F)c1)C(C)=NCc1ccc(B2OC(C)(C)C(C)(C)O2)cc1)C(F)(F)F. The predicted octanol–water partition coefficient (Wildman–Crippen LogP) is 7.00. The maximum atomic E-state index is 14.0. The molecular formula is C32H38BF5N2O3. The number of hydrogen-bond acceptors (Lipinski definition) is 4. The molecule has 1 saturated heterocycles. The topological polar surface area (TPSA) is 59.9 Å². The molecule has 0 aromatic heterocycles. The molecule has 1 fully saturated rings. The number of aliphatic imine (C=N–C) groups is 1. The van der Waals surface area contributed by atoms with Crippen LogP contribution in [0, 0.1) is 17.6 Å². The Bertz CT molecular complexity index is 1380. The number of nitrogens with zero attached hydrogens (tertiary/aromatic N) is 1. The van der Waals surface area contributed by atoms with Gasteiger partial charge >= 0.3 is 13.3 Å². The molecule has 1 N–H and O–H groups in total. The minimum atomic E-state index is -4.65. The van der Waals surface area contributed by atoms with Gasteiger partial charge in [0.25, 0.3) is 5.91 Å². The van der Waals surface area contributed by atoms with Gasteiger partial charge in [0.2, 0.25) is 0 Å². The molecule has 43 heavy (non-hydrogen) atoms. The van der Waals surface area contributed by atoms with Gasteiger partial charge < -0.3 is 14.6 Å². The lowest BCUT2D eigenvalue weighted by molar-refractivity contribution is -0.149. The third-order valence-electron chi connectivity index (χ3n) is 7.82. The molecule has 0 radical (unpaired) electrons. The van der Waals surface area contributed by atoms with Crippen LogP contribution in [0.5, 0.6) is 0 Å². The van der Waals surface area contributed by atoms with Crippen molar-refractivity contribution in [2.24, 2.45) is 10.9 Å². The molecule has 5 nitrogen and oxygen atoms in total. The van der Waals surface area contributed by atoms with Gasteiger partial charge in [-0.05, 0) is 76.7 Å². The smallest absolute Gasteiger partial charge is 0.399 e. The number of rotatable bonds is 10. The summed E-state index contributed by atoms with van der Waals surface area (Å²) in [5.41, 5.74) is 1.17. The summed E-state index contributed by atoms with van der Waals surface area (Å²) in [5.74, 6) is -4.99. The molecule has 2 aromatic rings. The molecule has 0 spiro atoms. The maximum Gasteiger partial charge on any atom is 0.494 e. The van der Waals surface area contributed by atoms with E-state index in [1.165, 1.54) is 13.0 Å². The Hall–Kier alpha value is -3.31. The zero-order chi connectivity index (χ0) is 32.2. The van der Waals surface area contributed by atoms with Crippen molar-refractivity contribution in [3.8, 4) is 0 Å². The summed E-state index contributed by atoms with van der Waals surface area (Å²) in [4.78, 5) is 17.6. The number of amides is 1. The molecule has 1 atom stereocenters. The second kappa shape index (κ2) is 13.6. The van der Waals surface area contributed by atoms with Gasteiger partial charge in [-0.1, -0.05) is 55.0 Å². The highest BCUT2D eigenvalue weighted by molar-refractivity contribution is 6.62. The van der Waals surface area contributed by atoms with E-state index in [9.17, 15) is 26.7 Å². The summed E-state index contributed by atoms with van der Waals surface area (Å²) in [6.07, 6.45) is -2.32. The van der Waals surface area contributed by atoms with Crippen LogP contribution in [0.3, 0.4) is 0 Å². The van der Waals surface area contributed by atoms with Gasteiger partial charge in [0.1, 0.15) is 0 Å². The summed E-state index contributed by atoms with van der Waals surface area (Å²) in [6.45, 7) is 12.5. The monoisotopic (exact) mass is 604 g/mol. The summed E-state index contributed by atoms with van der Waals surface area (Å²) in [5, 5.41) is 2.51. The van der Waals surface area contributed by atoms with Crippen molar-refractivity contribution in [1.82, 2.24) is 5.32 Å². The zero-order valence-corrected chi connectivity index (χ0v) is 25.5. The molecule has 1 amide bonds. The van der Waals surface area contributed by atoms with Crippen molar-refractivity contribution in [3.63, 3.8) is 0 Å². The minimum absolute atomic E-state index is 0.0922. The van der Waals surface area contributed by atoms with Crippen LogP contribution < -0.4 is 10.8 Å². The van der Waals surface area contributed by atoms with E-state index in [2.05, 4.69) is 10.3 Å². The first-order valence-electron chi connectivity index (χ1n) is 14.1. The summed E-state index contributed by atoms with van der Waals surface area (Å²) >= 11 is 0. The first-order valence-corrected chi connectivity index (χ1v) is 14.1. The van der Waals surface area contributed by atoms with Gasteiger partial charge in [-0.3, -0.25) is 9.79 Å². The molecule has 1 heterocycles. The normalized spacial score (nSPS) is 18.1. The molecule has 11 heteroatoms. The molecule has 3 rings (SSSR count). The molecule has 1 aliphatic heterocycles. The fraction of sp³-hybridized carbons (Fsp3) is 0.438. The minimum Gasteiger partial charge on any atom is -0.399 e. The lowest BCUT2D eigenvalue weighted by Gasteiger charge is -2.32. The number of carbonyl (C=O) groups excluding carboxylic acids is 1. The summed E-state index contributed by atoms with van der Waals surface area (Å²) in [7, 11) is -0.545. The number of alkyl halides is 3. The standard InChI is InChI=1S/C32H38BF5N2O3/c1-8-20(2)15-24(32(36,37)38)17-26(29(41)40-19-23-11-14-27(34)28(35)16-23)21(3)39-18-22-9-12-25(13-10-22)33-42-30(4,5)31(6,7)43-33/h9-17,24H,8,18-19H2,1-7H3,(H,40,41)/b20-15?,26-17+,39-21?. The van der Waals surface area contributed by atoms with Crippen LogP contribution >= 0.6 is 0 Å². The lowest BCUT2D eigenvalue weighted by atomic mass is 9.79. The van der Waals surface area contributed by atoms with Crippen LogP contribution in [0.15, 0.2) is 70.8 Å². The third-order valence-corrected chi connectivity index (χ3v) is 7.82. The van der Waals surface area contributed by atoms with E-state index in [4.69, 9.17) is 9.31 Å². The van der Waals surface area contributed by atoms with E-state index in [0.29, 0.717) is 12.0 Å². The van der Waals surface area contributed by atoms with Crippen LogP contribution in [0.4, 0.5) is 22.0 Å². The second-order valence-corrected chi connectivity index (χ2v) is 11.7. The first-order chi connectivity index (χ1) is 19.9. The van der Waals surface area contributed by atoms with Gasteiger partial charge in [-0.2, -0.15) is 13.2 Å². The Morgan fingerprint density at radius 1 is 0.953 bits per heavy atom. The average Bonchev–Trinajstić information content (AvgIpc) is 3.15. The summed E-state index contributed by atoms with van der Waals surface area (Å²) < 4.78 is 81.0. The van der Waals surface area contributed by atoms with E-state index in [1.54, 1.807) is 13.8 Å². The fourth-order valence-electron chi connectivity index (χ4n) is 4.18. The Morgan fingerprint density at radius 2 is 1.53 bits per heavy atom. The van der Waals surface area contributed by atoms with Crippen molar-refractivity contribution >= 4 is 24.2 Å². The number of allylic oxidation sites excluding steroid dienone is 3. The van der Waals surface area contributed by atoms with Crippen molar-refractivity contribution in [1.29, 1.82) is 0 Å². The van der Waals surface area contributed by atoms with Crippen molar-refractivity contribution in [2.75, 3.05) is 0 Å². The molecule has 0 aliphatic carbocycles. The van der Waals surface area contributed by atoms with Crippen molar-refractivity contribution in [3.05, 3.63) is 88.5 Å². The Morgan fingerprint density at radius 3 is 2.07 bits per heavy atom. The number of benzene rings is 2. The number of carbonyl (C=O) groups is 1. The van der Waals surface area contributed by atoms with E-state index < -0.39 is 48.0 Å². The van der Waals surface area contributed by atoms with Gasteiger partial charge in [0, 0.05) is 12.3 Å². The lowest BCUT2D eigenvalue weighted by Crippen LogP contribution is -2.41. The molecule has 0 bridgehead atoms. The second-order valence-electron chi connectivity index (χ2n) is 11.7. The number of hydrogen-bond donors (Lipinski definition) is 1. The van der Waals surface area contributed by atoms with Gasteiger partial charge in [0.15, 0.2) is 11.6 Å². The Labute approximate surface area is 250 Å². The first kappa shape index (κ1) is 34.2. The Kier molecular flexibility index (Phi) is 10.8. The average molecular weight is 604 g/mol. The van der Waals surface area contributed by atoms with Crippen molar-refractivity contribution < 1.29 is 36.1 Å². The summed E-state index contributed by atoms with van der Waals surface area (Å²) in [6, 6.07) is 10.4. The van der Waals surface area contributed by atoms with Crippen LogP contribution in [-0.4, -0.2) is 36.1 Å². The van der Waals surface area contributed by atoms with Crippen LogP contribution in [0.25, 0.3) is 0 Å². The van der Waals surface area contributed by atoms with E-state index in [1.807, 2.05) is 52.0 Å². The molecule has 232 valence electrons. The van der Waals surface area contributed by atoms with E-state index >= 15 is 0 Å². The van der Waals surface area contributed by atoms with E-state index in [-0.39, 0.29) is 29.9 Å². The maximum absolute atomic E-state index is 14.0.